The Balaban J connectivity index is 0. The molecule has 3 nitrogen and oxygen atoms in total. The van der Waals surface area contributed by atoms with Gasteiger partial charge >= 0.3 is 5.97 Å². The minimum absolute atomic E-state index is 0.247. The van der Waals surface area contributed by atoms with Crippen LogP contribution in [0.15, 0.2) is 24.3 Å². The summed E-state index contributed by atoms with van der Waals surface area (Å²) in [6.07, 6.45) is 13.4. The van der Waals surface area contributed by atoms with Gasteiger partial charge in [-0.3, -0.25) is 4.79 Å². The molecular formula is C14H24O3. The zero-order valence-corrected chi connectivity index (χ0v) is 10.9. The van der Waals surface area contributed by atoms with Gasteiger partial charge in [-0.25, -0.2) is 0 Å². The molecule has 3 heteroatoms. The fraction of sp³-hybridized carbons (Fsp3) is 0.571. The van der Waals surface area contributed by atoms with Crippen molar-refractivity contribution in [1.82, 2.24) is 0 Å². The Morgan fingerprint density at radius 2 is 1.47 bits per heavy atom. The fourth-order valence-electron chi connectivity index (χ4n) is 0.940. The molecule has 0 aliphatic carbocycles. The lowest BCUT2D eigenvalue weighted by molar-refractivity contribution is -0.136. The van der Waals surface area contributed by atoms with Gasteiger partial charge in [-0.2, -0.15) is 0 Å². The highest BCUT2D eigenvalue weighted by Crippen LogP contribution is 1.91. The van der Waals surface area contributed by atoms with Crippen molar-refractivity contribution in [3.63, 3.8) is 0 Å². The van der Waals surface area contributed by atoms with E-state index in [-0.39, 0.29) is 6.42 Å². The number of carboxylic acid groups (broad SMARTS) is 1. The predicted octanol–water partition coefficient (Wildman–Crippen LogP) is 3.75. The third kappa shape index (κ3) is 25.2. The number of unbranched alkanes of at least 4 members (excludes halogenated alkanes) is 1. The molecule has 17 heavy (non-hydrogen) atoms. The molecule has 0 rings (SSSR count). The number of carbonyl (C=O) groups excluding carboxylic acids is 1. The van der Waals surface area contributed by atoms with Crippen molar-refractivity contribution in [3.05, 3.63) is 24.3 Å². The molecule has 0 aromatic rings. The SMILES string of the molecule is CC/C=C\CCC(=O)O.CC/C=C\CCC=O. The lowest BCUT2D eigenvalue weighted by atomic mass is 10.3. The third-order valence-electron chi connectivity index (χ3n) is 1.78. The maximum atomic E-state index is 9.93. The van der Waals surface area contributed by atoms with Gasteiger partial charge in [0.1, 0.15) is 6.29 Å². The van der Waals surface area contributed by atoms with Gasteiger partial charge in [0.25, 0.3) is 0 Å². The molecule has 98 valence electrons. The van der Waals surface area contributed by atoms with Crippen LogP contribution in [0.25, 0.3) is 0 Å². The molecule has 0 saturated carbocycles. The zero-order valence-electron chi connectivity index (χ0n) is 10.9. The molecule has 0 unspecified atom stereocenters. The Kier molecular flexibility index (Phi) is 18.0. The summed E-state index contributed by atoms with van der Waals surface area (Å²) < 4.78 is 0. The van der Waals surface area contributed by atoms with Gasteiger partial charge in [-0.05, 0) is 25.7 Å². The highest BCUT2D eigenvalue weighted by atomic mass is 16.4. The van der Waals surface area contributed by atoms with Crippen molar-refractivity contribution >= 4 is 12.3 Å². The van der Waals surface area contributed by atoms with Crippen LogP contribution in [0.5, 0.6) is 0 Å². The highest BCUT2D eigenvalue weighted by molar-refractivity contribution is 5.66. The molecule has 0 aromatic carbocycles. The normalized spacial score (nSPS) is 10.2. The first-order valence-electron chi connectivity index (χ1n) is 6.14. The van der Waals surface area contributed by atoms with E-state index in [4.69, 9.17) is 5.11 Å². The van der Waals surface area contributed by atoms with E-state index in [1.54, 1.807) is 0 Å². The van der Waals surface area contributed by atoms with Gasteiger partial charge in [0.05, 0.1) is 0 Å². The second kappa shape index (κ2) is 17.0. The van der Waals surface area contributed by atoms with Gasteiger partial charge in [0, 0.05) is 12.8 Å². The smallest absolute Gasteiger partial charge is 0.303 e. The number of aldehydes is 1. The van der Waals surface area contributed by atoms with Gasteiger partial charge in [0.15, 0.2) is 0 Å². The molecule has 1 N–H and O–H groups in total. The molecule has 0 bridgehead atoms. The number of allylic oxidation sites excluding steroid dienone is 4. The zero-order chi connectivity index (χ0) is 13.4. The quantitative estimate of drug-likeness (QED) is 0.399. The summed E-state index contributed by atoms with van der Waals surface area (Å²) in [7, 11) is 0. The van der Waals surface area contributed by atoms with Crippen LogP contribution in [-0.4, -0.2) is 17.4 Å². The molecule has 0 fully saturated rings. The van der Waals surface area contributed by atoms with Gasteiger partial charge in [-0.1, -0.05) is 38.2 Å². The van der Waals surface area contributed by atoms with Gasteiger partial charge < -0.3 is 9.90 Å². The average molecular weight is 240 g/mol. The van der Waals surface area contributed by atoms with E-state index in [9.17, 15) is 9.59 Å². The van der Waals surface area contributed by atoms with Crippen molar-refractivity contribution in [2.24, 2.45) is 0 Å². The standard InChI is InChI=1S/C7H12O2.C7H12O/c1-2-3-4-5-6-7(8)9;1-2-3-4-5-6-7-8/h3-4H,2,5-6H2,1H3,(H,8,9);3-4,7H,2,5-6H2,1H3/b2*4-3-. The number of aliphatic carboxylic acids is 1. The number of carboxylic acids is 1. The van der Waals surface area contributed by atoms with Crippen LogP contribution in [0.3, 0.4) is 0 Å². The summed E-state index contributed by atoms with van der Waals surface area (Å²) in [6, 6.07) is 0. The van der Waals surface area contributed by atoms with Crippen LogP contribution < -0.4 is 0 Å². The maximum absolute atomic E-state index is 9.93. The van der Waals surface area contributed by atoms with E-state index in [2.05, 4.69) is 13.0 Å². The summed E-state index contributed by atoms with van der Waals surface area (Å²) in [4.78, 5) is 19.7. The van der Waals surface area contributed by atoms with Crippen LogP contribution in [0.2, 0.25) is 0 Å². The van der Waals surface area contributed by atoms with E-state index in [1.165, 1.54) is 0 Å². The molecule has 0 amide bonds. The summed E-state index contributed by atoms with van der Waals surface area (Å²) >= 11 is 0. The monoisotopic (exact) mass is 240 g/mol. The van der Waals surface area contributed by atoms with Crippen molar-refractivity contribution in [3.8, 4) is 0 Å². The Morgan fingerprint density at radius 1 is 0.941 bits per heavy atom. The Bertz CT molecular complexity index is 230. The van der Waals surface area contributed by atoms with E-state index in [1.807, 2.05) is 25.2 Å². The fourth-order valence-corrected chi connectivity index (χ4v) is 0.940. The second-order valence-electron chi connectivity index (χ2n) is 3.44. The van der Waals surface area contributed by atoms with Crippen molar-refractivity contribution < 1.29 is 14.7 Å². The van der Waals surface area contributed by atoms with Crippen molar-refractivity contribution in [2.45, 2.75) is 52.4 Å². The van der Waals surface area contributed by atoms with Gasteiger partial charge in [-0.15, -0.1) is 0 Å². The van der Waals surface area contributed by atoms with E-state index in [0.29, 0.717) is 12.8 Å². The Morgan fingerprint density at radius 3 is 1.88 bits per heavy atom. The second-order valence-corrected chi connectivity index (χ2v) is 3.44. The van der Waals surface area contributed by atoms with Crippen molar-refractivity contribution in [1.29, 1.82) is 0 Å². The number of rotatable bonds is 8. The minimum Gasteiger partial charge on any atom is -0.481 e. The number of hydrogen-bond donors (Lipinski definition) is 1. The maximum Gasteiger partial charge on any atom is 0.303 e. The first-order chi connectivity index (χ1) is 8.18. The molecule has 0 atom stereocenters. The van der Waals surface area contributed by atoms with Crippen LogP contribution in [0.1, 0.15) is 52.4 Å². The number of carbonyl (C=O) groups is 2. The third-order valence-corrected chi connectivity index (χ3v) is 1.78. The van der Waals surface area contributed by atoms with E-state index in [0.717, 1.165) is 25.5 Å². The van der Waals surface area contributed by atoms with Crippen LogP contribution >= 0.6 is 0 Å². The summed E-state index contributed by atoms with van der Waals surface area (Å²) in [5, 5.41) is 8.18. The molecular weight excluding hydrogens is 216 g/mol. The first kappa shape index (κ1) is 18.0. The lowest BCUT2D eigenvalue weighted by Gasteiger charge is -1.85. The summed E-state index contributed by atoms with van der Waals surface area (Å²) in [6.45, 7) is 4.11. The molecule has 0 aliphatic heterocycles. The van der Waals surface area contributed by atoms with Gasteiger partial charge in [0.2, 0.25) is 0 Å². The molecule has 0 heterocycles. The van der Waals surface area contributed by atoms with Crippen molar-refractivity contribution in [2.75, 3.05) is 0 Å². The topological polar surface area (TPSA) is 54.4 Å². The Labute approximate surface area is 104 Å². The number of hydrogen-bond acceptors (Lipinski definition) is 2. The average Bonchev–Trinajstić information content (AvgIpc) is 2.31. The predicted molar refractivity (Wildman–Crippen MR) is 71.0 cm³/mol. The summed E-state index contributed by atoms with van der Waals surface area (Å²) in [5.41, 5.74) is 0. The summed E-state index contributed by atoms with van der Waals surface area (Å²) in [5.74, 6) is -0.726. The minimum atomic E-state index is -0.726. The lowest BCUT2D eigenvalue weighted by Crippen LogP contribution is -1.91. The Hall–Kier alpha value is -1.38. The molecule has 0 spiro atoms. The molecule has 0 aromatic heterocycles. The molecule has 0 saturated heterocycles. The molecule has 0 radical (unpaired) electrons. The first-order valence-corrected chi connectivity index (χ1v) is 6.14. The van der Waals surface area contributed by atoms with Crippen LogP contribution in [0.4, 0.5) is 0 Å². The van der Waals surface area contributed by atoms with E-state index < -0.39 is 5.97 Å². The highest BCUT2D eigenvalue weighted by Gasteiger charge is 1.90. The van der Waals surface area contributed by atoms with E-state index >= 15 is 0 Å². The largest absolute Gasteiger partial charge is 0.481 e. The molecule has 0 aliphatic rings. The van der Waals surface area contributed by atoms with Crippen LogP contribution in [0, 0.1) is 0 Å². The van der Waals surface area contributed by atoms with Crippen LogP contribution in [-0.2, 0) is 9.59 Å².